The summed E-state index contributed by atoms with van der Waals surface area (Å²) in [6.45, 7) is 6.48. The van der Waals surface area contributed by atoms with Crippen LogP contribution in [0.2, 0.25) is 0 Å². The SMILES string of the molecule is CCC(C)c1ccc(NC(=O)N2CCN(S(=O)(=O)c3ccc4c(c3)CCN4)CC2)cc1. The van der Waals surface area contributed by atoms with E-state index in [-0.39, 0.29) is 19.1 Å². The second-order valence-corrected chi connectivity index (χ2v) is 10.2. The van der Waals surface area contributed by atoms with E-state index in [1.54, 1.807) is 17.0 Å². The van der Waals surface area contributed by atoms with Crippen LogP contribution in [0, 0.1) is 0 Å². The number of hydrogen-bond donors (Lipinski definition) is 2. The van der Waals surface area contributed by atoms with Gasteiger partial charge in [-0.05, 0) is 60.2 Å². The first-order chi connectivity index (χ1) is 14.9. The van der Waals surface area contributed by atoms with Crippen LogP contribution in [0.3, 0.4) is 0 Å². The summed E-state index contributed by atoms with van der Waals surface area (Å²) >= 11 is 0. The van der Waals surface area contributed by atoms with Gasteiger partial charge in [0.2, 0.25) is 10.0 Å². The van der Waals surface area contributed by atoms with E-state index in [4.69, 9.17) is 0 Å². The number of carbonyl (C=O) groups excluding carboxylic acids is 1. The van der Waals surface area contributed by atoms with Gasteiger partial charge < -0.3 is 15.5 Å². The number of nitrogens with zero attached hydrogens (tertiary/aromatic N) is 2. The van der Waals surface area contributed by atoms with E-state index in [0.717, 1.165) is 36.3 Å². The minimum atomic E-state index is -3.56. The van der Waals surface area contributed by atoms with Crippen LogP contribution in [0.4, 0.5) is 16.2 Å². The summed E-state index contributed by atoms with van der Waals surface area (Å²) in [5.41, 5.74) is 4.05. The minimum Gasteiger partial charge on any atom is -0.384 e. The average molecular weight is 443 g/mol. The molecule has 0 radical (unpaired) electrons. The monoisotopic (exact) mass is 442 g/mol. The van der Waals surface area contributed by atoms with E-state index in [2.05, 4.69) is 24.5 Å². The van der Waals surface area contributed by atoms with E-state index in [1.807, 2.05) is 30.3 Å². The highest BCUT2D eigenvalue weighted by Crippen LogP contribution is 2.27. The Kier molecular flexibility index (Phi) is 6.20. The van der Waals surface area contributed by atoms with Crippen LogP contribution in [0.1, 0.15) is 37.3 Å². The first-order valence-corrected chi connectivity index (χ1v) is 12.4. The maximum Gasteiger partial charge on any atom is 0.321 e. The first kappa shape index (κ1) is 21.6. The summed E-state index contributed by atoms with van der Waals surface area (Å²) < 4.78 is 27.6. The summed E-state index contributed by atoms with van der Waals surface area (Å²) in [6, 6.07) is 13.0. The van der Waals surface area contributed by atoms with Gasteiger partial charge in [0.05, 0.1) is 4.90 Å². The average Bonchev–Trinajstić information content (AvgIpc) is 3.27. The Bertz CT molecular complexity index is 1040. The second kappa shape index (κ2) is 8.88. The quantitative estimate of drug-likeness (QED) is 0.740. The molecule has 4 rings (SSSR count). The van der Waals surface area contributed by atoms with Gasteiger partial charge in [0, 0.05) is 44.1 Å². The molecule has 2 aliphatic heterocycles. The molecule has 2 aromatic carbocycles. The largest absolute Gasteiger partial charge is 0.384 e. The topological polar surface area (TPSA) is 81.8 Å². The van der Waals surface area contributed by atoms with Crippen LogP contribution < -0.4 is 10.6 Å². The van der Waals surface area contributed by atoms with Crippen LogP contribution >= 0.6 is 0 Å². The molecule has 1 saturated heterocycles. The molecule has 0 bridgehead atoms. The molecule has 0 saturated carbocycles. The van der Waals surface area contributed by atoms with Gasteiger partial charge >= 0.3 is 6.03 Å². The number of hydrogen-bond acceptors (Lipinski definition) is 4. The summed E-state index contributed by atoms with van der Waals surface area (Å²) in [5, 5.41) is 6.17. The van der Waals surface area contributed by atoms with Crippen molar-refractivity contribution in [3.63, 3.8) is 0 Å². The summed E-state index contributed by atoms with van der Waals surface area (Å²) in [4.78, 5) is 14.6. The van der Waals surface area contributed by atoms with Gasteiger partial charge in [0.1, 0.15) is 0 Å². The van der Waals surface area contributed by atoms with Gasteiger partial charge in [-0.1, -0.05) is 26.0 Å². The molecule has 166 valence electrons. The lowest BCUT2D eigenvalue weighted by Crippen LogP contribution is -2.51. The summed E-state index contributed by atoms with van der Waals surface area (Å²) in [6.07, 6.45) is 1.91. The molecule has 2 amide bonds. The zero-order valence-corrected chi connectivity index (χ0v) is 18.9. The number of carbonyl (C=O) groups is 1. The zero-order chi connectivity index (χ0) is 22.0. The van der Waals surface area contributed by atoms with Gasteiger partial charge in [0.15, 0.2) is 0 Å². The Labute approximate surface area is 184 Å². The number of urea groups is 1. The highest BCUT2D eigenvalue weighted by atomic mass is 32.2. The van der Waals surface area contributed by atoms with E-state index in [1.165, 1.54) is 9.87 Å². The number of rotatable bonds is 5. The van der Waals surface area contributed by atoms with Gasteiger partial charge in [-0.3, -0.25) is 0 Å². The van der Waals surface area contributed by atoms with Crippen molar-refractivity contribution in [2.45, 2.75) is 37.5 Å². The van der Waals surface area contributed by atoms with Gasteiger partial charge in [-0.25, -0.2) is 13.2 Å². The molecule has 2 aliphatic rings. The molecule has 31 heavy (non-hydrogen) atoms. The maximum absolute atomic E-state index is 13.1. The molecule has 8 heteroatoms. The normalized spacial score (nSPS) is 17.7. The Morgan fingerprint density at radius 1 is 1.10 bits per heavy atom. The number of piperazine rings is 1. The van der Waals surface area contributed by atoms with Crippen LogP contribution in [0.5, 0.6) is 0 Å². The maximum atomic E-state index is 13.1. The molecule has 0 spiro atoms. The number of nitrogens with one attached hydrogen (secondary N) is 2. The van der Waals surface area contributed by atoms with E-state index in [9.17, 15) is 13.2 Å². The molecular weight excluding hydrogens is 412 g/mol. The second-order valence-electron chi connectivity index (χ2n) is 8.25. The van der Waals surface area contributed by atoms with Crippen molar-refractivity contribution >= 4 is 27.4 Å². The third-order valence-corrected chi connectivity index (χ3v) is 8.19. The molecule has 1 atom stereocenters. The lowest BCUT2D eigenvalue weighted by Gasteiger charge is -2.34. The van der Waals surface area contributed by atoms with Gasteiger partial charge in [0.25, 0.3) is 0 Å². The fraction of sp³-hybridized carbons (Fsp3) is 0.435. The third-order valence-electron chi connectivity index (χ3n) is 6.29. The molecule has 1 fully saturated rings. The minimum absolute atomic E-state index is 0.197. The summed E-state index contributed by atoms with van der Waals surface area (Å²) in [7, 11) is -3.56. The van der Waals surface area contributed by atoms with Crippen LogP contribution in [0.15, 0.2) is 47.4 Å². The first-order valence-electron chi connectivity index (χ1n) is 10.9. The number of anilines is 2. The molecule has 1 unspecified atom stereocenters. The fourth-order valence-corrected chi connectivity index (χ4v) is 5.53. The van der Waals surface area contributed by atoms with Crippen LogP contribution in [0.25, 0.3) is 0 Å². The fourth-order valence-electron chi connectivity index (χ4n) is 4.06. The molecule has 0 aromatic heterocycles. The number of benzene rings is 2. The van der Waals surface area contributed by atoms with Gasteiger partial charge in [-0.15, -0.1) is 0 Å². The van der Waals surface area contributed by atoms with Crippen LogP contribution in [-0.2, 0) is 16.4 Å². The van der Waals surface area contributed by atoms with Gasteiger partial charge in [-0.2, -0.15) is 4.31 Å². The predicted molar refractivity (Wildman–Crippen MR) is 123 cm³/mol. The molecule has 0 aliphatic carbocycles. The van der Waals surface area contributed by atoms with Crippen LogP contribution in [-0.4, -0.2) is 56.4 Å². The molecule has 2 aromatic rings. The number of fused-ring (bicyclic) bond motifs is 1. The molecule has 2 heterocycles. The lowest BCUT2D eigenvalue weighted by molar-refractivity contribution is 0.184. The molecular formula is C23H30N4O3S. The van der Waals surface area contributed by atoms with Crippen molar-refractivity contribution in [1.82, 2.24) is 9.21 Å². The Morgan fingerprint density at radius 3 is 2.48 bits per heavy atom. The zero-order valence-electron chi connectivity index (χ0n) is 18.1. The Morgan fingerprint density at radius 2 is 1.81 bits per heavy atom. The molecule has 7 nitrogen and oxygen atoms in total. The summed E-state index contributed by atoms with van der Waals surface area (Å²) in [5.74, 6) is 0.488. The number of amides is 2. The predicted octanol–water partition coefficient (Wildman–Crippen LogP) is 3.71. The van der Waals surface area contributed by atoms with Crippen molar-refractivity contribution < 1.29 is 13.2 Å². The standard InChI is InChI=1S/C23H30N4O3S/c1-3-17(2)18-4-6-20(7-5-18)25-23(28)26-12-14-27(15-13-26)31(29,30)21-8-9-22-19(16-21)10-11-24-22/h4-9,16-17,24H,3,10-15H2,1-2H3,(H,25,28). The Balaban J connectivity index is 1.35. The van der Waals surface area contributed by atoms with E-state index in [0.29, 0.717) is 23.9 Å². The smallest absolute Gasteiger partial charge is 0.321 e. The van der Waals surface area contributed by atoms with Crippen molar-refractivity contribution in [3.05, 3.63) is 53.6 Å². The highest BCUT2D eigenvalue weighted by molar-refractivity contribution is 7.89. The van der Waals surface area contributed by atoms with E-state index < -0.39 is 10.0 Å². The van der Waals surface area contributed by atoms with Crippen molar-refractivity contribution in [2.75, 3.05) is 43.4 Å². The van der Waals surface area contributed by atoms with Crippen molar-refractivity contribution in [1.29, 1.82) is 0 Å². The third kappa shape index (κ3) is 4.55. The van der Waals surface area contributed by atoms with Crippen molar-refractivity contribution in [2.24, 2.45) is 0 Å². The number of sulfonamides is 1. The Hall–Kier alpha value is -2.58. The van der Waals surface area contributed by atoms with E-state index >= 15 is 0 Å². The highest BCUT2D eigenvalue weighted by Gasteiger charge is 2.31. The van der Waals surface area contributed by atoms with Crippen molar-refractivity contribution in [3.8, 4) is 0 Å². The lowest BCUT2D eigenvalue weighted by atomic mass is 9.99. The molecule has 2 N–H and O–H groups in total.